The van der Waals surface area contributed by atoms with E-state index in [9.17, 15) is 0 Å². The van der Waals surface area contributed by atoms with Gasteiger partial charge in [-0.25, -0.2) is 20.0 Å². The van der Waals surface area contributed by atoms with Crippen LogP contribution in [0.3, 0.4) is 0 Å². The van der Waals surface area contributed by atoms with Gasteiger partial charge in [-0.3, -0.25) is 0 Å². The van der Waals surface area contributed by atoms with Crippen molar-refractivity contribution in [1.29, 1.82) is 0 Å². The Morgan fingerprint density at radius 1 is 0.857 bits per heavy atom. The van der Waals surface area contributed by atoms with Crippen molar-refractivity contribution in [3.63, 3.8) is 0 Å². The number of nitrogens with zero attached hydrogens (tertiary/aromatic N) is 4. The van der Waals surface area contributed by atoms with Crippen molar-refractivity contribution in [2.24, 2.45) is 9.98 Å². The number of hydrazine groups is 1. The molecule has 0 aliphatic carbocycles. The van der Waals surface area contributed by atoms with Crippen LogP contribution in [0.25, 0.3) is 0 Å². The third-order valence-electron chi connectivity index (χ3n) is 3.35. The van der Waals surface area contributed by atoms with Gasteiger partial charge in [-0.15, -0.1) is 25.3 Å². The van der Waals surface area contributed by atoms with E-state index in [1.807, 2.05) is 52.5 Å². The van der Waals surface area contributed by atoms with E-state index in [-0.39, 0.29) is 11.0 Å². The first-order chi connectivity index (χ1) is 10.3. The molecule has 2 aliphatic heterocycles. The Labute approximate surface area is 132 Å². The Bertz CT molecular complexity index is 714. The van der Waals surface area contributed by atoms with Crippen LogP contribution in [0.5, 0.6) is 0 Å². The molecule has 0 bridgehead atoms. The lowest BCUT2D eigenvalue weighted by molar-refractivity contribution is 0.167. The lowest BCUT2D eigenvalue weighted by Gasteiger charge is -2.28. The number of furan rings is 1. The standard InChI is InChI=1S/C14H12N4OS2/c20-13-15-11(9-5-2-1-3-6-9)17-14(21)16-12(18(13)17)10-7-4-8-19-10/h1-8,13-14,20-21H/t13-,14-/m1/s1. The first-order valence-corrected chi connectivity index (χ1v) is 7.48. The van der Waals surface area contributed by atoms with E-state index >= 15 is 0 Å². The van der Waals surface area contributed by atoms with Crippen molar-refractivity contribution < 1.29 is 4.42 Å². The smallest absolute Gasteiger partial charge is 0.192 e. The molecule has 0 saturated heterocycles. The van der Waals surface area contributed by atoms with Crippen molar-refractivity contribution in [1.82, 2.24) is 10.0 Å². The molecule has 106 valence electrons. The predicted molar refractivity (Wildman–Crippen MR) is 87.5 cm³/mol. The highest BCUT2D eigenvalue weighted by Crippen LogP contribution is 2.33. The number of amidine groups is 2. The average molecular weight is 316 g/mol. The molecule has 0 N–H and O–H groups in total. The Balaban J connectivity index is 1.74. The number of rotatable bonds is 2. The molecule has 2 aliphatic rings. The molecule has 0 spiro atoms. The largest absolute Gasteiger partial charge is 0.461 e. The molecule has 4 rings (SSSR count). The fraction of sp³-hybridized carbons (Fsp3) is 0.143. The van der Waals surface area contributed by atoms with Crippen LogP contribution in [0.1, 0.15) is 11.3 Å². The zero-order valence-electron chi connectivity index (χ0n) is 10.9. The number of hydrogen-bond acceptors (Lipinski definition) is 7. The predicted octanol–water partition coefficient (Wildman–Crippen LogP) is 2.45. The van der Waals surface area contributed by atoms with Gasteiger partial charge >= 0.3 is 0 Å². The number of hydrogen-bond donors (Lipinski definition) is 2. The number of fused-ring (bicyclic) bond motifs is 1. The summed E-state index contributed by atoms with van der Waals surface area (Å²) < 4.78 is 5.45. The highest BCUT2D eigenvalue weighted by atomic mass is 32.1. The summed E-state index contributed by atoms with van der Waals surface area (Å²) in [4.78, 5) is 9.17. The second kappa shape index (κ2) is 4.85. The van der Waals surface area contributed by atoms with Crippen molar-refractivity contribution in [2.75, 3.05) is 0 Å². The van der Waals surface area contributed by atoms with E-state index in [0.29, 0.717) is 11.6 Å². The molecule has 7 heteroatoms. The SMILES string of the molecule is S[C@@H]1N=C(c2ccco2)N2[C@H](S)N=C(c3ccccc3)N12. The van der Waals surface area contributed by atoms with E-state index in [1.54, 1.807) is 6.26 Å². The van der Waals surface area contributed by atoms with Gasteiger partial charge in [0.25, 0.3) is 0 Å². The summed E-state index contributed by atoms with van der Waals surface area (Å²) in [6.07, 6.45) is 1.62. The van der Waals surface area contributed by atoms with Crippen molar-refractivity contribution in [3.8, 4) is 0 Å². The molecule has 0 saturated carbocycles. The van der Waals surface area contributed by atoms with E-state index in [4.69, 9.17) is 4.42 Å². The molecular weight excluding hydrogens is 304 g/mol. The molecular formula is C14H12N4OS2. The number of thiol groups is 2. The molecule has 1 aromatic carbocycles. The second-order valence-corrected chi connectivity index (χ2v) is 5.55. The highest BCUT2D eigenvalue weighted by Gasteiger charge is 2.44. The molecule has 5 nitrogen and oxygen atoms in total. The summed E-state index contributed by atoms with van der Waals surface area (Å²) in [6, 6.07) is 13.6. The van der Waals surface area contributed by atoms with Crippen molar-refractivity contribution >= 4 is 36.9 Å². The summed E-state index contributed by atoms with van der Waals surface area (Å²) in [7, 11) is 0. The van der Waals surface area contributed by atoms with Crippen LogP contribution in [0, 0.1) is 0 Å². The summed E-state index contributed by atoms with van der Waals surface area (Å²) in [5.74, 6) is 2.18. The fourth-order valence-corrected chi connectivity index (χ4v) is 3.13. The lowest BCUT2D eigenvalue weighted by atomic mass is 10.2. The van der Waals surface area contributed by atoms with Crippen LogP contribution >= 0.6 is 25.3 Å². The molecule has 2 atom stereocenters. The minimum Gasteiger partial charge on any atom is -0.461 e. The number of benzene rings is 1. The molecule has 0 fully saturated rings. The Kier molecular flexibility index (Phi) is 2.97. The maximum atomic E-state index is 5.45. The second-order valence-electron chi connectivity index (χ2n) is 4.63. The Morgan fingerprint density at radius 2 is 1.52 bits per heavy atom. The molecule has 0 unspecified atom stereocenters. The first-order valence-electron chi connectivity index (χ1n) is 6.45. The third-order valence-corrected chi connectivity index (χ3v) is 4.02. The first kappa shape index (κ1) is 12.8. The topological polar surface area (TPSA) is 44.3 Å². The average Bonchev–Trinajstić information content (AvgIpc) is 3.19. The highest BCUT2D eigenvalue weighted by molar-refractivity contribution is 7.81. The van der Waals surface area contributed by atoms with Crippen LogP contribution in [-0.2, 0) is 0 Å². The van der Waals surface area contributed by atoms with Gasteiger partial charge in [-0.05, 0) is 12.1 Å². The molecule has 0 amide bonds. The fourth-order valence-electron chi connectivity index (χ4n) is 2.47. The van der Waals surface area contributed by atoms with Gasteiger partial charge in [0.15, 0.2) is 28.4 Å². The zero-order chi connectivity index (χ0) is 14.4. The minimum atomic E-state index is -0.346. The monoisotopic (exact) mass is 316 g/mol. The van der Waals surface area contributed by atoms with Crippen LogP contribution in [0.15, 0.2) is 63.1 Å². The van der Waals surface area contributed by atoms with Crippen LogP contribution < -0.4 is 0 Å². The van der Waals surface area contributed by atoms with Crippen molar-refractivity contribution in [2.45, 2.75) is 11.0 Å². The van der Waals surface area contributed by atoms with E-state index in [1.165, 1.54) is 0 Å². The molecule has 21 heavy (non-hydrogen) atoms. The zero-order valence-corrected chi connectivity index (χ0v) is 12.7. The van der Waals surface area contributed by atoms with Crippen LogP contribution in [-0.4, -0.2) is 32.7 Å². The van der Waals surface area contributed by atoms with Gasteiger partial charge in [0.05, 0.1) is 6.26 Å². The summed E-state index contributed by atoms with van der Waals surface area (Å²) >= 11 is 9.10. The molecule has 0 radical (unpaired) electrons. The summed E-state index contributed by atoms with van der Waals surface area (Å²) in [5.41, 5.74) is 0.316. The van der Waals surface area contributed by atoms with Gasteiger partial charge in [0.1, 0.15) is 0 Å². The molecule has 2 aromatic rings. The van der Waals surface area contributed by atoms with Crippen LogP contribution in [0.4, 0.5) is 0 Å². The van der Waals surface area contributed by atoms with Gasteiger partial charge in [0, 0.05) is 5.56 Å². The van der Waals surface area contributed by atoms with Gasteiger partial charge in [-0.2, -0.15) is 0 Å². The maximum absolute atomic E-state index is 5.45. The maximum Gasteiger partial charge on any atom is 0.192 e. The Morgan fingerprint density at radius 3 is 2.19 bits per heavy atom. The number of aliphatic imine (C=N–C) groups is 2. The van der Waals surface area contributed by atoms with Gasteiger partial charge in [-0.1, -0.05) is 30.3 Å². The van der Waals surface area contributed by atoms with E-state index < -0.39 is 0 Å². The Hall–Kier alpha value is -1.86. The van der Waals surface area contributed by atoms with Gasteiger partial charge in [0.2, 0.25) is 0 Å². The van der Waals surface area contributed by atoms with Gasteiger partial charge < -0.3 is 4.42 Å². The quantitative estimate of drug-likeness (QED) is 0.837. The van der Waals surface area contributed by atoms with E-state index in [2.05, 4.69) is 35.2 Å². The van der Waals surface area contributed by atoms with Crippen molar-refractivity contribution in [3.05, 3.63) is 60.1 Å². The summed E-state index contributed by atoms with van der Waals surface area (Å²) in [6.45, 7) is 0. The van der Waals surface area contributed by atoms with E-state index in [0.717, 1.165) is 11.4 Å². The molecule has 1 aromatic heterocycles. The molecule has 3 heterocycles. The van der Waals surface area contributed by atoms with Crippen LogP contribution in [0.2, 0.25) is 0 Å². The minimum absolute atomic E-state index is 0.346. The third kappa shape index (κ3) is 1.96. The lowest BCUT2D eigenvalue weighted by Crippen LogP contribution is -2.44. The summed E-state index contributed by atoms with van der Waals surface area (Å²) in [5, 5.41) is 3.82. The normalized spacial score (nSPS) is 24.1.